The van der Waals surface area contributed by atoms with Crippen molar-refractivity contribution in [3.63, 3.8) is 0 Å². The molecule has 0 spiro atoms. The van der Waals surface area contributed by atoms with E-state index in [-0.39, 0.29) is 0 Å². The Morgan fingerprint density at radius 3 is 2.83 bits per heavy atom. The van der Waals surface area contributed by atoms with Crippen molar-refractivity contribution in [2.45, 2.75) is 0 Å². The molecule has 0 bridgehead atoms. The van der Waals surface area contributed by atoms with Gasteiger partial charge in [0.2, 0.25) is 0 Å². The van der Waals surface area contributed by atoms with Gasteiger partial charge in [-0.3, -0.25) is 0 Å². The van der Waals surface area contributed by atoms with Crippen LogP contribution in [0.3, 0.4) is 0 Å². The average molecular weight is 239 g/mol. The van der Waals surface area contributed by atoms with Gasteiger partial charge in [0, 0.05) is 10.8 Å². The number of aromatic amines is 1. The maximum Gasteiger partial charge on any atom is 0.289 e. The zero-order valence-corrected chi connectivity index (χ0v) is 8.90. The second kappa shape index (κ2) is 3.06. The molecule has 8 nitrogen and oxygen atoms in total. The van der Waals surface area contributed by atoms with Gasteiger partial charge in [-0.05, 0) is 10.4 Å². The smallest absolute Gasteiger partial charge is 0.204 e. The lowest BCUT2D eigenvalue weighted by atomic mass is 10.2. The van der Waals surface area contributed by atoms with E-state index in [0.717, 1.165) is 10.8 Å². The molecule has 8 heteroatoms. The fourth-order valence-electron chi connectivity index (χ4n) is 2.10. The summed E-state index contributed by atoms with van der Waals surface area (Å²) in [5, 5.41) is 18.9. The molecular weight excluding hydrogens is 234 g/mol. The highest BCUT2D eigenvalue weighted by Crippen LogP contribution is 2.41. The maximum absolute atomic E-state index is 11.0. The van der Waals surface area contributed by atoms with Gasteiger partial charge in [-0.2, -0.15) is 5.21 Å². The van der Waals surface area contributed by atoms with Gasteiger partial charge in [-0.15, -0.1) is 14.6 Å². The lowest BCUT2D eigenvalue weighted by molar-refractivity contribution is 0.730. The number of rotatable bonds is 1. The first-order valence-electron chi connectivity index (χ1n) is 5.20. The first-order valence-corrected chi connectivity index (χ1v) is 5.20. The van der Waals surface area contributed by atoms with Crippen LogP contribution in [0.1, 0.15) is 0 Å². The number of benzene rings is 1. The summed E-state index contributed by atoms with van der Waals surface area (Å²) in [6.07, 6.45) is 0. The van der Waals surface area contributed by atoms with Crippen LogP contribution in [0.5, 0.6) is 0 Å². The first-order chi connectivity index (χ1) is 8.88. The summed E-state index contributed by atoms with van der Waals surface area (Å²) in [6.45, 7) is 0. The van der Waals surface area contributed by atoms with Gasteiger partial charge in [0.15, 0.2) is 0 Å². The predicted octanol–water partition coefficient (Wildman–Crippen LogP) is 1.50. The Kier molecular flexibility index (Phi) is 1.56. The predicted molar refractivity (Wildman–Crippen MR) is 62.5 cm³/mol. The van der Waals surface area contributed by atoms with Gasteiger partial charge < -0.3 is 0 Å². The number of hydrogen-bond acceptors (Lipinski definition) is 6. The third-order valence-corrected chi connectivity index (χ3v) is 2.86. The highest BCUT2D eigenvalue weighted by Gasteiger charge is 2.22. The van der Waals surface area contributed by atoms with Crippen LogP contribution in [0.25, 0.3) is 27.9 Å². The van der Waals surface area contributed by atoms with E-state index in [1.807, 2.05) is 24.3 Å². The zero-order valence-electron chi connectivity index (χ0n) is 8.90. The Morgan fingerprint density at radius 2 is 2.00 bits per heavy atom. The van der Waals surface area contributed by atoms with Crippen LogP contribution >= 0.6 is 0 Å². The molecule has 0 saturated heterocycles. The molecule has 0 saturated carbocycles. The second-order valence-electron chi connectivity index (χ2n) is 3.81. The van der Waals surface area contributed by atoms with Crippen molar-refractivity contribution in [1.29, 1.82) is 0 Å². The number of nitroso groups, excluding NO2 is 1. The number of fused-ring (bicyclic) bond motifs is 4. The van der Waals surface area contributed by atoms with Crippen molar-refractivity contribution in [3.05, 3.63) is 29.2 Å². The third kappa shape index (κ3) is 0.986. The minimum atomic E-state index is 0.290. The van der Waals surface area contributed by atoms with Crippen LogP contribution in [0, 0.1) is 4.91 Å². The van der Waals surface area contributed by atoms with E-state index in [4.69, 9.17) is 0 Å². The number of tetrazole rings is 1. The largest absolute Gasteiger partial charge is 0.289 e. The minimum Gasteiger partial charge on any atom is -0.204 e. The van der Waals surface area contributed by atoms with E-state index in [1.165, 1.54) is 4.63 Å². The summed E-state index contributed by atoms with van der Waals surface area (Å²) in [6, 6.07) is 7.41. The van der Waals surface area contributed by atoms with E-state index in [0.29, 0.717) is 22.9 Å². The summed E-state index contributed by atoms with van der Waals surface area (Å²) in [4.78, 5) is 15.2. The molecule has 2 heterocycles. The molecular formula is C10H5N7O. The van der Waals surface area contributed by atoms with Gasteiger partial charge in [0.25, 0.3) is 5.78 Å². The Bertz CT molecular complexity index is 861. The van der Waals surface area contributed by atoms with Crippen LogP contribution in [-0.4, -0.2) is 30.2 Å². The molecule has 4 rings (SSSR count). The Hall–Kier alpha value is -2.90. The Labute approximate surface area is 98.9 Å². The molecule has 1 aliphatic heterocycles. The van der Waals surface area contributed by atoms with E-state index in [1.54, 1.807) is 0 Å². The highest BCUT2D eigenvalue weighted by atomic mass is 16.3. The monoisotopic (exact) mass is 239 g/mol. The molecule has 0 radical (unpaired) electrons. The maximum atomic E-state index is 11.0. The molecule has 86 valence electrons. The fourth-order valence-corrected chi connectivity index (χ4v) is 2.10. The Balaban J connectivity index is 2.31. The minimum absolute atomic E-state index is 0.290. The summed E-state index contributed by atoms with van der Waals surface area (Å²) >= 11 is 0. The van der Waals surface area contributed by atoms with Crippen molar-refractivity contribution in [3.8, 4) is 11.4 Å². The van der Waals surface area contributed by atoms with Crippen LogP contribution in [0.2, 0.25) is 0 Å². The van der Waals surface area contributed by atoms with Gasteiger partial charge >= 0.3 is 0 Å². The highest BCUT2D eigenvalue weighted by molar-refractivity contribution is 6.09. The van der Waals surface area contributed by atoms with E-state index >= 15 is 0 Å². The fraction of sp³-hybridized carbons (Fsp3) is 0. The number of H-pyrrole nitrogens is 1. The third-order valence-electron chi connectivity index (χ3n) is 2.86. The molecule has 0 fully saturated rings. The topological polar surface area (TPSA) is 101 Å². The van der Waals surface area contributed by atoms with Crippen molar-refractivity contribution in [2.75, 3.05) is 0 Å². The molecule has 0 unspecified atom stereocenters. The lowest BCUT2D eigenvalue weighted by Crippen LogP contribution is -1.99. The van der Waals surface area contributed by atoms with E-state index in [2.05, 4.69) is 30.8 Å². The summed E-state index contributed by atoms with van der Waals surface area (Å²) in [7, 11) is 0. The molecule has 0 amide bonds. The number of nitrogens with one attached hydrogen (secondary N) is 1. The molecule has 18 heavy (non-hydrogen) atoms. The average Bonchev–Trinajstić information content (AvgIpc) is 2.97. The van der Waals surface area contributed by atoms with Crippen molar-refractivity contribution >= 4 is 22.2 Å². The van der Waals surface area contributed by atoms with Gasteiger partial charge in [0.05, 0.1) is 0 Å². The molecule has 1 aromatic carbocycles. The SMILES string of the molecule is O=Nc1c2nc3nn[nH]n3nc-2c2ccccc12. The van der Waals surface area contributed by atoms with Gasteiger partial charge in [-0.25, -0.2) is 4.98 Å². The Morgan fingerprint density at radius 1 is 1.17 bits per heavy atom. The molecule has 2 aliphatic rings. The van der Waals surface area contributed by atoms with Crippen molar-refractivity contribution < 1.29 is 0 Å². The second-order valence-corrected chi connectivity index (χ2v) is 3.81. The quantitative estimate of drug-likeness (QED) is 0.507. The van der Waals surface area contributed by atoms with E-state index in [9.17, 15) is 4.91 Å². The summed E-state index contributed by atoms with van der Waals surface area (Å²) < 4.78 is 1.35. The molecule has 0 atom stereocenters. The number of hydrogen-bond donors (Lipinski definition) is 1. The molecule has 1 aromatic heterocycles. The summed E-state index contributed by atoms with van der Waals surface area (Å²) in [5.74, 6) is 0.294. The van der Waals surface area contributed by atoms with Crippen LogP contribution in [0.4, 0.5) is 5.69 Å². The van der Waals surface area contributed by atoms with Crippen molar-refractivity contribution in [2.24, 2.45) is 5.18 Å². The molecule has 1 aliphatic carbocycles. The standard InChI is InChI=1S/C10H5N7O/c18-14-8-6-4-2-1-3-5(6)7-9(8)11-10-12-15-16-17(10)13-7/h1-4H,(H,11,12,16). The van der Waals surface area contributed by atoms with E-state index < -0.39 is 0 Å². The molecule has 2 aromatic rings. The van der Waals surface area contributed by atoms with Gasteiger partial charge in [0.1, 0.15) is 17.1 Å². The normalized spacial score (nSPS) is 11.6. The lowest BCUT2D eigenvalue weighted by Gasteiger charge is -1.97. The van der Waals surface area contributed by atoms with Crippen LogP contribution in [-0.2, 0) is 0 Å². The zero-order chi connectivity index (χ0) is 12.1. The summed E-state index contributed by atoms with van der Waals surface area (Å²) in [5.41, 5.74) is 1.34. The van der Waals surface area contributed by atoms with Crippen LogP contribution in [0.15, 0.2) is 29.4 Å². The first kappa shape index (κ1) is 9.16. The van der Waals surface area contributed by atoms with Crippen molar-refractivity contribution in [1.82, 2.24) is 30.2 Å². The van der Waals surface area contributed by atoms with Crippen LogP contribution < -0.4 is 0 Å². The molecule has 1 N–H and O–H groups in total. The van der Waals surface area contributed by atoms with Gasteiger partial charge in [-0.1, -0.05) is 29.4 Å². The number of aromatic nitrogens is 6. The number of nitrogens with zero attached hydrogens (tertiary/aromatic N) is 6.